The van der Waals surface area contributed by atoms with E-state index in [9.17, 15) is 14.4 Å². The third-order valence-electron chi connectivity index (χ3n) is 4.71. The molecule has 20 heavy (non-hydrogen) atoms. The van der Waals surface area contributed by atoms with Crippen molar-refractivity contribution in [3.8, 4) is 0 Å². The highest BCUT2D eigenvalue weighted by molar-refractivity contribution is 6.04. The number of nitrogens with zero attached hydrogens (tertiary/aromatic N) is 1. The van der Waals surface area contributed by atoms with Gasteiger partial charge in [-0.1, -0.05) is 13.8 Å². The standard InChI is InChI=1S/C14H23N3O3/c1-7-4-8(2)11(15)5-10(7)14(20)17-6-12(18)16-13(19)9(17)3/h7-11H,4-6,15H2,1-3H3,(H,16,18,19). The highest BCUT2D eigenvalue weighted by atomic mass is 16.2. The quantitative estimate of drug-likeness (QED) is 0.655. The molecule has 0 bridgehead atoms. The molecule has 0 spiro atoms. The first-order valence-corrected chi connectivity index (χ1v) is 7.21. The molecule has 2 rings (SSSR count). The van der Waals surface area contributed by atoms with Crippen molar-refractivity contribution in [1.82, 2.24) is 10.2 Å². The fourth-order valence-corrected chi connectivity index (χ4v) is 3.22. The molecule has 3 N–H and O–H groups in total. The van der Waals surface area contributed by atoms with Crippen molar-refractivity contribution in [2.45, 2.75) is 45.7 Å². The summed E-state index contributed by atoms with van der Waals surface area (Å²) in [6.07, 6.45) is 1.53. The zero-order chi connectivity index (χ0) is 15.0. The van der Waals surface area contributed by atoms with Crippen LogP contribution < -0.4 is 11.1 Å². The second kappa shape index (κ2) is 5.52. The Morgan fingerprint density at radius 1 is 1.20 bits per heavy atom. The Hall–Kier alpha value is -1.43. The maximum absolute atomic E-state index is 12.7. The topological polar surface area (TPSA) is 92.5 Å². The molecule has 1 aliphatic heterocycles. The third kappa shape index (κ3) is 2.70. The van der Waals surface area contributed by atoms with Crippen LogP contribution in [0.4, 0.5) is 0 Å². The van der Waals surface area contributed by atoms with E-state index in [0.717, 1.165) is 6.42 Å². The average molecular weight is 281 g/mol. The van der Waals surface area contributed by atoms with E-state index in [1.807, 2.05) is 6.92 Å². The first kappa shape index (κ1) is 15.0. The predicted octanol–water partition coefficient (Wildman–Crippen LogP) is -0.131. The Morgan fingerprint density at radius 2 is 1.85 bits per heavy atom. The van der Waals surface area contributed by atoms with Gasteiger partial charge in [0.25, 0.3) is 0 Å². The normalized spacial score (nSPS) is 38.6. The summed E-state index contributed by atoms with van der Waals surface area (Å²) in [4.78, 5) is 37.2. The summed E-state index contributed by atoms with van der Waals surface area (Å²) in [6.45, 7) is 5.75. The van der Waals surface area contributed by atoms with Gasteiger partial charge in [0.15, 0.2) is 0 Å². The van der Waals surface area contributed by atoms with E-state index >= 15 is 0 Å². The first-order chi connectivity index (χ1) is 9.31. The molecule has 5 unspecified atom stereocenters. The molecule has 112 valence electrons. The zero-order valence-corrected chi connectivity index (χ0v) is 12.3. The molecular weight excluding hydrogens is 258 g/mol. The van der Waals surface area contributed by atoms with Gasteiger partial charge in [0, 0.05) is 12.0 Å². The zero-order valence-electron chi connectivity index (χ0n) is 12.3. The summed E-state index contributed by atoms with van der Waals surface area (Å²) < 4.78 is 0. The van der Waals surface area contributed by atoms with Crippen molar-refractivity contribution >= 4 is 17.7 Å². The number of carbonyl (C=O) groups excluding carboxylic acids is 3. The second-order valence-corrected chi connectivity index (χ2v) is 6.25. The minimum Gasteiger partial charge on any atom is -0.327 e. The molecule has 1 saturated heterocycles. The van der Waals surface area contributed by atoms with Gasteiger partial charge in [-0.05, 0) is 31.6 Å². The number of hydrogen-bond acceptors (Lipinski definition) is 4. The van der Waals surface area contributed by atoms with Crippen LogP contribution in [0, 0.1) is 17.8 Å². The van der Waals surface area contributed by atoms with Gasteiger partial charge < -0.3 is 10.6 Å². The van der Waals surface area contributed by atoms with E-state index in [0.29, 0.717) is 12.3 Å². The Balaban J connectivity index is 2.13. The number of rotatable bonds is 1. The molecule has 2 fully saturated rings. The van der Waals surface area contributed by atoms with Crippen molar-refractivity contribution in [3.63, 3.8) is 0 Å². The van der Waals surface area contributed by atoms with E-state index in [1.165, 1.54) is 4.90 Å². The number of hydrogen-bond donors (Lipinski definition) is 2. The largest absolute Gasteiger partial charge is 0.327 e. The number of amides is 3. The van der Waals surface area contributed by atoms with Gasteiger partial charge in [0.1, 0.15) is 12.6 Å². The molecule has 0 aromatic carbocycles. The van der Waals surface area contributed by atoms with Crippen molar-refractivity contribution in [1.29, 1.82) is 0 Å². The lowest BCUT2D eigenvalue weighted by Crippen LogP contribution is -2.60. The Labute approximate surface area is 119 Å². The molecule has 1 saturated carbocycles. The molecule has 1 heterocycles. The Kier molecular flexibility index (Phi) is 4.13. The number of carbonyl (C=O) groups is 3. The lowest BCUT2D eigenvalue weighted by atomic mass is 9.72. The van der Waals surface area contributed by atoms with Crippen LogP contribution in [0.2, 0.25) is 0 Å². The van der Waals surface area contributed by atoms with E-state index in [4.69, 9.17) is 5.73 Å². The van der Waals surface area contributed by atoms with Crippen LogP contribution in [-0.2, 0) is 14.4 Å². The lowest BCUT2D eigenvalue weighted by molar-refractivity contribution is -0.153. The first-order valence-electron chi connectivity index (χ1n) is 7.21. The molecule has 0 aromatic rings. The number of piperazine rings is 1. The summed E-state index contributed by atoms with van der Waals surface area (Å²) in [6, 6.07) is -0.590. The van der Waals surface area contributed by atoms with Gasteiger partial charge in [-0.3, -0.25) is 19.7 Å². The van der Waals surface area contributed by atoms with Crippen LogP contribution in [0.3, 0.4) is 0 Å². The van der Waals surface area contributed by atoms with Gasteiger partial charge in [0.05, 0.1) is 0 Å². The Bertz CT molecular complexity index is 437. The van der Waals surface area contributed by atoms with Gasteiger partial charge in [-0.25, -0.2) is 0 Å². The molecule has 0 radical (unpaired) electrons. The summed E-state index contributed by atoms with van der Waals surface area (Å²) in [5.74, 6) is -0.501. The van der Waals surface area contributed by atoms with Crippen LogP contribution in [0.15, 0.2) is 0 Å². The summed E-state index contributed by atoms with van der Waals surface area (Å²) >= 11 is 0. The Morgan fingerprint density at radius 3 is 2.50 bits per heavy atom. The van der Waals surface area contributed by atoms with Crippen molar-refractivity contribution in [2.75, 3.05) is 6.54 Å². The third-order valence-corrected chi connectivity index (χ3v) is 4.71. The number of nitrogens with one attached hydrogen (secondary N) is 1. The lowest BCUT2D eigenvalue weighted by Gasteiger charge is -2.40. The van der Waals surface area contributed by atoms with Crippen molar-refractivity contribution in [3.05, 3.63) is 0 Å². The van der Waals surface area contributed by atoms with Crippen molar-refractivity contribution in [2.24, 2.45) is 23.5 Å². The molecule has 5 atom stereocenters. The summed E-state index contributed by atoms with van der Waals surface area (Å²) in [7, 11) is 0. The van der Waals surface area contributed by atoms with Crippen LogP contribution in [0.1, 0.15) is 33.6 Å². The maximum Gasteiger partial charge on any atom is 0.249 e. The average Bonchev–Trinajstić information content (AvgIpc) is 2.37. The molecule has 3 amide bonds. The van der Waals surface area contributed by atoms with E-state index < -0.39 is 17.9 Å². The van der Waals surface area contributed by atoms with Gasteiger partial charge in [0.2, 0.25) is 17.7 Å². The SMILES string of the molecule is CC1CC(C)C(C(=O)N2CC(=O)NC(=O)C2C)CC1N. The molecule has 0 aromatic heterocycles. The molecule has 1 aliphatic carbocycles. The van der Waals surface area contributed by atoms with E-state index in [1.54, 1.807) is 6.92 Å². The van der Waals surface area contributed by atoms with Gasteiger partial charge >= 0.3 is 0 Å². The smallest absolute Gasteiger partial charge is 0.249 e. The minimum atomic E-state index is -0.594. The predicted molar refractivity (Wildman–Crippen MR) is 73.4 cm³/mol. The van der Waals surface area contributed by atoms with Crippen LogP contribution in [-0.4, -0.2) is 41.2 Å². The number of nitrogens with two attached hydrogens (primary N) is 1. The minimum absolute atomic E-state index is 0.00442. The number of imide groups is 1. The summed E-state index contributed by atoms with van der Waals surface area (Å²) in [5, 5.41) is 2.25. The summed E-state index contributed by atoms with van der Waals surface area (Å²) in [5.41, 5.74) is 6.07. The molecule has 6 nitrogen and oxygen atoms in total. The van der Waals surface area contributed by atoms with E-state index in [-0.39, 0.29) is 30.3 Å². The molecule has 2 aliphatic rings. The van der Waals surface area contributed by atoms with Gasteiger partial charge in [-0.2, -0.15) is 0 Å². The van der Waals surface area contributed by atoms with Crippen LogP contribution in [0.5, 0.6) is 0 Å². The highest BCUT2D eigenvalue weighted by Gasteiger charge is 2.41. The fourth-order valence-electron chi connectivity index (χ4n) is 3.22. The highest BCUT2D eigenvalue weighted by Crippen LogP contribution is 2.34. The van der Waals surface area contributed by atoms with Crippen molar-refractivity contribution < 1.29 is 14.4 Å². The molecule has 6 heteroatoms. The van der Waals surface area contributed by atoms with E-state index in [2.05, 4.69) is 12.2 Å². The monoisotopic (exact) mass is 281 g/mol. The molecular formula is C14H23N3O3. The van der Waals surface area contributed by atoms with Crippen LogP contribution >= 0.6 is 0 Å². The fraction of sp³-hybridized carbons (Fsp3) is 0.786. The second-order valence-electron chi connectivity index (χ2n) is 6.25. The van der Waals surface area contributed by atoms with Gasteiger partial charge in [-0.15, -0.1) is 0 Å². The maximum atomic E-state index is 12.7. The van der Waals surface area contributed by atoms with Crippen LogP contribution in [0.25, 0.3) is 0 Å².